The lowest BCUT2D eigenvalue weighted by Gasteiger charge is -1.98. The highest BCUT2D eigenvalue weighted by atomic mass is 79.9. The fraction of sp³-hybridized carbons (Fsp3) is 0.500. The molecule has 0 atom stereocenters. The van der Waals surface area contributed by atoms with Gasteiger partial charge in [0.15, 0.2) is 6.29 Å². The lowest BCUT2D eigenvalue weighted by atomic mass is 10.3. The zero-order valence-corrected chi connectivity index (χ0v) is 8.33. The Labute approximate surface area is 79.9 Å². The number of hydrogen-bond donors (Lipinski definition) is 0. The topological polar surface area (TPSA) is 34.9 Å². The monoisotopic (exact) mass is 230 g/mol. The summed E-state index contributed by atoms with van der Waals surface area (Å²) in [5.74, 6) is 0. The van der Waals surface area contributed by atoms with E-state index in [0.717, 1.165) is 31.0 Å². The highest BCUT2D eigenvalue weighted by Crippen LogP contribution is 1.99. The Morgan fingerprint density at radius 3 is 3.00 bits per heavy atom. The predicted octanol–water partition coefficient (Wildman–Crippen LogP) is 1.87. The van der Waals surface area contributed by atoms with Gasteiger partial charge in [-0.2, -0.15) is 0 Å². The second kappa shape index (κ2) is 5.09. The minimum absolute atomic E-state index is 0.508. The molecule has 0 amide bonds. The summed E-state index contributed by atoms with van der Waals surface area (Å²) < 4.78 is 1.94. The number of aryl methyl sites for hydroxylation is 1. The van der Waals surface area contributed by atoms with Crippen molar-refractivity contribution < 1.29 is 4.79 Å². The molecular formula is C8H11BrN2O. The number of carbonyl (C=O) groups is 1. The van der Waals surface area contributed by atoms with E-state index >= 15 is 0 Å². The number of hydrogen-bond acceptors (Lipinski definition) is 2. The number of unbranched alkanes of at least 4 members (excludes halogenated alkanes) is 1. The van der Waals surface area contributed by atoms with Gasteiger partial charge in [-0.3, -0.25) is 4.79 Å². The number of carbonyl (C=O) groups excluding carboxylic acids is 1. The molecule has 3 nitrogen and oxygen atoms in total. The quantitative estimate of drug-likeness (QED) is 0.440. The lowest BCUT2D eigenvalue weighted by molar-refractivity contribution is 0.111. The molecule has 0 spiro atoms. The number of halogens is 1. The Morgan fingerprint density at radius 1 is 1.58 bits per heavy atom. The predicted molar refractivity (Wildman–Crippen MR) is 50.6 cm³/mol. The molecule has 1 aromatic rings. The highest BCUT2D eigenvalue weighted by molar-refractivity contribution is 9.09. The van der Waals surface area contributed by atoms with Crippen LogP contribution in [0.5, 0.6) is 0 Å². The smallest absolute Gasteiger partial charge is 0.169 e. The van der Waals surface area contributed by atoms with Gasteiger partial charge in [0.05, 0.1) is 6.33 Å². The molecule has 0 saturated carbocycles. The molecule has 66 valence electrons. The van der Waals surface area contributed by atoms with Crippen LogP contribution in [-0.2, 0) is 6.54 Å². The van der Waals surface area contributed by atoms with Crippen LogP contribution in [0.3, 0.4) is 0 Å². The summed E-state index contributed by atoms with van der Waals surface area (Å²) in [6, 6.07) is 0. The molecule has 0 aliphatic heterocycles. The van der Waals surface area contributed by atoms with Gasteiger partial charge in [-0.25, -0.2) is 4.98 Å². The Kier molecular flexibility index (Phi) is 4.00. The van der Waals surface area contributed by atoms with Gasteiger partial charge in [0, 0.05) is 18.1 Å². The molecule has 0 aliphatic rings. The van der Waals surface area contributed by atoms with E-state index in [2.05, 4.69) is 20.9 Å². The van der Waals surface area contributed by atoms with E-state index in [1.807, 2.05) is 4.57 Å². The highest BCUT2D eigenvalue weighted by Gasteiger charge is 1.95. The Bertz CT molecular complexity index is 247. The van der Waals surface area contributed by atoms with Gasteiger partial charge in [0.25, 0.3) is 0 Å². The molecule has 0 N–H and O–H groups in total. The summed E-state index contributed by atoms with van der Waals surface area (Å²) >= 11 is 3.36. The summed E-state index contributed by atoms with van der Waals surface area (Å²) in [7, 11) is 0. The van der Waals surface area contributed by atoms with Crippen LogP contribution in [0.2, 0.25) is 0 Å². The average Bonchev–Trinajstić information content (AvgIpc) is 2.53. The molecule has 0 radical (unpaired) electrons. The van der Waals surface area contributed by atoms with Crippen molar-refractivity contribution in [1.29, 1.82) is 0 Å². The SMILES string of the molecule is O=Cc1cn(CCCCBr)cn1. The zero-order valence-electron chi connectivity index (χ0n) is 6.74. The maximum atomic E-state index is 10.3. The molecule has 4 heteroatoms. The number of rotatable bonds is 5. The summed E-state index contributed by atoms with van der Waals surface area (Å²) in [6.07, 6.45) is 6.48. The Balaban J connectivity index is 2.36. The lowest BCUT2D eigenvalue weighted by Crippen LogP contribution is -1.94. The van der Waals surface area contributed by atoms with Gasteiger partial charge in [-0.15, -0.1) is 0 Å². The molecule has 12 heavy (non-hydrogen) atoms. The van der Waals surface area contributed by atoms with E-state index in [4.69, 9.17) is 0 Å². The molecule has 0 bridgehead atoms. The largest absolute Gasteiger partial charge is 0.337 e. The van der Waals surface area contributed by atoms with Crippen molar-refractivity contribution in [2.24, 2.45) is 0 Å². The average molecular weight is 231 g/mol. The molecule has 1 heterocycles. The summed E-state index contributed by atoms with van der Waals surface area (Å²) in [6.45, 7) is 0.937. The minimum atomic E-state index is 0.508. The van der Waals surface area contributed by atoms with Crippen molar-refractivity contribution >= 4 is 22.2 Å². The van der Waals surface area contributed by atoms with E-state index in [9.17, 15) is 4.79 Å². The maximum Gasteiger partial charge on any atom is 0.169 e. The second-order valence-electron chi connectivity index (χ2n) is 2.55. The van der Waals surface area contributed by atoms with Crippen LogP contribution in [-0.4, -0.2) is 21.2 Å². The third kappa shape index (κ3) is 2.77. The van der Waals surface area contributed by atoms with Crippen LogP contribution in [0, 0.1) is 0 Å². The summed E-state index contributed by atoms with van der Waals surface area (Å²) in [4.78, 5) is 14.2. The van der Waals surface area contributed by atoms with Crippen LogP contribution in [0.1, 0.15) is 23.3 Å². The van der Waals surface area contributed by atoms with E-state index in [0.29, 0.717) is 5.69 Å². The van der Waals surface area contributed by atoms with Crippen molar-refractivity contribution in [3.63, 3.8) is 0 Å². The maximum absolute atomic E-state index is 10.3. The zero-order chi connectivity index (χ0) is 8.81. The molecule has 0 unspecified atom stereocenters. The Morgan fingerprint density at radius 2 is 2.42 bits per heavy atom. The number of nitrogens with zero attached hydrogens (tertiary/aromatic N) is 2. The fourth-order valence-corrected chi connectivity index (χ4v) is 1.35. The first-order valence-electron chi connectivity index (χ1n) is 3.89. The van der Waals surface area contributed by atoms with E-state index < -0.39 is 0 Å². The minimum Gasteiger partial charge on any atom is -0.337 e. The number of aromatic nitrogens is 2. The third-order valence-electron chi connectivity index (χ3n) is 1.57. The van der Waals surface area contributed by atoms with Crippen LogP contribution in [0.4, 0.5) is 0 Å². The van der Waals surface area contributed by atoms with Gasteiger partial charge in [0.1, 0.15) is 5.69 Å². The molecule has 0 saturated heterocycles. The standard InChI is InChI=1S/C8H11BrN2O/c9-3-1-2-4-11-5-8(6-12)10-7-11/h5-7H,1-4H2. The second-order valence-corrected chi connectivity index (χ2v) is 3.34. The Hall–Kier alpha value is -0.640. The van der Waals surface area contributed by atoms with Gasteiger partial charge >= 0.3 is 0 Å². The summed E-state index contributed by atoms with van der Waals surface area (Å²) in [5.41, 5.74) is 0.508. The van der Waals surface area contributed by atoms with Crippen molar-refractivity contribution in [2.75, 3.05) is 5.33 Å². The van der Waals surface area contributed by atoms with Crippen molar-refractivity contribution in [2.45, 2.75) is 19.4 Å². The summed E-state index contributed by atoms with van der Waals surface area (Å²) in [5, 5.41) is 1.03. The molecular weight excluding hydrogens is 220 g/mol. The van der Waals surface area contributed by atoms with E-state index in [1.165, 1.54) is 0 Å². The van der Waals surface area contributed by atoms with E-state index in [-0.39, 0.29) is 0 Å². The number of aldehydes is 1. The number of alkyl halides is 1. The van der Waals surface area contributed by atoms with Crippen LogP contribution in [0.25, 0.3) is 0 Å². The van der Waals surface area contributed by atoms with Crippen molar-refractivity contribution in [3.05, 3.63) is 18.2 Å². The third-order valence-corrected chi connectivity index (χ3v) is 2.13. The fourth-order valence-electron chi connectivity index (χ4n) is 0.949. The van der Waals surface area contributed by atoms with Gasteiger partial charge < -0.3 is 4.57 Å². The molecule has 0 aromatic carbocycles. The van der Waals surface area contributed by atoms with Gasteiger partial charge in [0.2, 0.25) is 0 Å². The van der Waals surface area contributed by atoms with Gasteiger partial charge in [-0.1, -0.05) is 15.9 Å². The molecule has 1 rings (SSSR count). The van der Waals surface area contributed by atoms with Crippen LogP contribution >= 0.6 is 15.9 Å². The molecule has 0 aliphatic carbocycles. The van der Waals surface area contributed by atoms with Crippen molar-refractivity contribution in [1.82, 2.24) is 9.55 Å². The first-order chi connectivity index (χ1) is 5.86. The van der Waals surface area contributed by atoms with Crippen LogP contribution in [0.15, 0.2) is 12.5 Å². The van der Waals surface area contributed by atoms with Gasteiger partial charge in [-0.05, 0) is 12.8 Å². The first kappa shape index (κ1) is 9.45. The molecule has 0 fully saturated rings. The van der Waals surface area contributed by atoms with E-state index in [1.54, 1.807) is 12.5 Å². The van der Waals surface area contributed by atoms with Crippen LogP contribution < -0.4 is 0 Å². The molecule has 1 aromatic heterocycles. The first-order valence-corrected chi connectivity index (χ1v) is 5.02. The van der Waals surface area contributed by atoms with Crippen molar-refractivity contribution in [3.8, 4) is 0 Å². The normalized spacial score (nSPS) is 10.1. The number of imidazole rings is 1.